The molecule has 0 N–H and O–H groups in total. The average molecular weight is 505 g/mol. The van der Waals surface area contributed by atoms with Crippen LogP contribution in [0.25, 0.3) is 0 Å². The van der Waals surface area contributed by atoms with Gasteiger partial charge in [-0.15, -0.1) is 0 Å². The quantitative estimate of drug-likeness (QED) is 0.557. The van der Waals surface area contributed by atoms with Crippen molar-refractivity contribution >= 4 is 11.8 Å². The number of fused-ring (bicyclic) bond motifs is 2. The maximum Gasteiger partial charge on any atom is 0.338 e. The Balaban J connectivity index is 1.59. The van der Waals surface area contributed by atoms with E-state index in [0.717, 1.165) is 5.57 Å². The van der Waals surface area contributed by atoms with Crippen LogP contribution >= 0.6 is 0 Å². The lowest BCUT2D eigenvalue weighted by Gasteiger charge is -2.41. The summed E-state index contributed by atoms with van der Waals surface area (Å²) in [5.74, 6) is 1.19. The monoisotopic (exact) mass is 504 g/mol. The van der Waals surface area contributed by atoms with Crippen LogP contribution in [0.5, 0.6) is 17.2 Å². The van der Waals surface area contributed by atoms with Gasteiger partial charge in [-0.2, -0.15) is 0 Å². The summed E-state index contributed by atoms with van der Waals surface area (Å²) in [6.45, 7) is 4.27. The zero-order valence-electron chi connectivity index (χ0n) is 21.2. The summed E-state index contributed by atoms with van der Waals surface area (Å²) in [5, 5.41) is 0. The highest BCUT2D eigenvalue weighted by Gasteiger charge is 2.59. The van der Waals surface area contributed by atoms with Gasteiger partial charge >= 0.3 is 5.97 Å². The Kier molecular flexibility index (Phi) is 5.44. The average Bonchev–Trinajstić information content (AvgIpc) is 3.54. The van der Waals surface area contributed by atoms with Crippen molar-refractivity contribution in [1.82, 2.24) is 0 Å². The number of benzene rings is 2. The molecule has 8 heteroatoms. The Bertz CT molecular complexity index is 1360. The van der Waals surface area contributed by atoms with Crippen LogP contribution in [0.4, 0.5) is 0 Å². The third-order valence-corrected chi connectivity index (χ3v) is 8.07. The molecule has 6 rings (SSSR count). The van der Waals surface area contributed by atoms with Crippen LogP contribution in [0.1, 0.15) is 47.9 Å². The molecule has 1 spiro atoms. The minimum absolute atomic E-state index is 0.0374. The molecule has 0 saturated heterocycles. The third-order valence-electron chi connectivity index (χ3n) is 8.07. The van der Waals surface area contributed by atoms with Gasteiger partial charge in [0.2, 0.25) is 24.1 Å². The number of esters is 1. The molecule has 2 aliphatic heterocycles. The second kappa shape index (κ2) is 8.57. The normalized spacial score (nSPS) is 27.3. The number of allylic oxidation sites excluding steroid dienone is 2. The minimum Gasteiger partial charge on any atom is -0.493 e. The molecule has 192 valence electrons. The van der Waals surface area contributed by atoms with Crippen LogP contribution in [0.15, 0.2) is 59.6 Å². The van der Waals surface area contributed by atoms with Gasteiger partial charge in [-0.3, -0.25) is 4.79 Å². The maximum absolute atomic E-state index is 14.2. The number of hydrogen-bond acceptors (Lipinski definition) is 8. The van der Waals surface area contributed by atoms with Crippen LogP contribution in [0, 0.1) is 11.8 Å². The van der Waals surface area contributed by atoms with Crippen LogP contribution in [-0.2, 0) is 24.4 Å². The van der Waals surface area contributed by atoms with E-state index in [2.05, 4.69) is 13.8 Å². The molecule has 2 aromatic rings. The van der Waals surface area contributed by atoms with Crippen molar-refractivity contribution < 1.29 is 38.0 Å². The molecule has 37 heavy (non-hydrogen) atoms. The number of rotatable bonds is 4. The molecule has 0 radical (unpaired) electrons. The SMILES string of the molecule is COC1=C(OC)C(=O)[C@@]23COc4c5c(cc(c42)[C@H](OC(=O)c2ccccc2)[C@@H](C)[C@@H](C)CC3=C1)OCO5. The van der Waals surface area contributed by atoms with E-state index in [1.165, 1.54) is 14.2 Å². The van der Waals surface area contributed by atoms with E-state index in [-0.39, 0.29) is 36.8 Å². The summed E-state index contributed by atoms with van der Waals surface area (Å²) in [7, 11) is 2.98. The minimum atomic E-state index is -1.16. The van der Waals surface area contributed by atoms with E-state index in [9.17, 15) is 9.59 Å². The summed E-state index contributed by atoms with van der Waals surface area (Å²) in [5.41, 5.74) is 1.49. The maximum atomic E-state index is 14.2. The standard InChI is InChI=1S/C29H28O8/c1-15-10-18-11-20(32-3)25(33-4)27(30)29(18)13-34-26-22(29)19(12-21-24(26)36-14-35-21)23(16(15)2)37-28(31)17-8-6-5-7-9-17/h5-9,11-12,15-16,23H,10,13-14H2,1-4H3/t15-,16-,23+,29+/m0/s1. The molecular formula is C29H28O8. The lowest BCUT2D eigenvalue weighted by Crippen LogP contribution is -2.46. The molecule has 2 heterocycles. The lowest BCUT2D eigenvalue weighted by atomic mass is 9.62. The second-order valence-corrected chi connectivity index (χ2v) is 9.93. The lowest BCUT2D eigenvalue weighted by molar-refractivity contribution is -0.124. The van der Waals surface area contributed by atoms with Crippen molar-refractivity contribution in [3.8, 4) is 17.2 Å². The fourth-order valence-electron chi connectivity index (χ4n) is 5.94. The molecule has 0 saturated carbocycles. The van der Waals surface area contributed by atoms with Crippen LogP contribution in [0.2, 0.25) is 0 Å². The van der Waals surface area contributed by atoms with Crippen LogP contribution in [-0.4, -0.2) is 39.4 Å². The molecular weight excluding hydrogens is 476 g/mol. The largest absolute Gasteiger partial charge is 0.493 e. The van der Waals surface area contributed by atoms with Crippen LogP contribution in [0.3, 0.4) is 0 Å². The number of carbonyl (C=O) groups excluding carboxylic acids is 2. The molecule has 2 aromatic carbocycles. The van der Waals surface area contributed by atoms with Crippen molar-refractivity contribution in [2.75, 3.05) is 27.6 Å². The molecule has 2 aliphatic carbocycles. The first-order chi connectivity index (χ1) is 17.9. The summed E-state index contributed by atoms with van der Waals surface area (Å²) >= 11 is 0. The number of ether oxygens (including phenoxy) is 6. The molecule has 0 fully saturated rings. The fourth-order valence-corrected chi connectivity index (χ4v) is 5.94. The van der Waals surface area contributed by atoms with Gasteiger partial charge in [0, 0.05) is 17.0 Å². The zero-order chi connectivity index (χ0) is 25.9. The molecule has 4 aliphatic rings. The molecule has 8 nitrogen and oxygen atoms in total. The fraction of sp³-hybridized carbons (Fsp3) is 0.379. The highest BCUT2D eigenvalue weighted by Crippen LogP contribution is 2.61. The Morgan fingerprint density at radius 1 is 1.03 bits per heavy atom. The van der Waals surface area contributed by atoms with E-state index in [1.807, 2.05) is 18.2 Å². The van der Waals surface area contributed by atoms with Gasteiger partial charge < -0.3 is 28.4 Å². The summed E-state index contributed by atoms with van der Waals surface area (Å²) < 4.78 is 35.1. The topological polar surface area (TPSA) is 89.5 Å². The molecule has 4 atom stereocenters. The number of methoxy groups -OCH3 is 2. The Labute approximate surface area is 214 Å². The summed E-state index contributed by atoms with van der Waals surface area (Å²) in [4.78, 5) is 27.5. The van der Waals surface area contributed by atoms with Gasteiger partial charge in [0.15, 0.2) is 17.3 Å². The predicted molar refractivity (Wildman–Crippen MR) is 131 cm³/mol. The van der Waals surface area contributed by atoms with Gasteiger partial charge in [-0.05, 0) is 42.2 Å². The third kappa shape index (κ3) is 3.27. The molecule has 0 amide bonds. The Morgan fingerprint density at radius 2 is 1.81 bits per heavy atom. The second-order valence-electron chi connectivity index (χ2n) is 9.93. The smallest absolute Gasteiger partial charge is 0.338 e. The summed E-state index contributed by atoms with van der Waals surface area (Å²) in [6.07, 6.45) is 1.82. The van der Waals surface area contributed by atoms with Crippen molar-refractivity contribution in [2.24, 2.45) is 11.8 Å². The van der Waals surface area contributed by atoms with Gasteiger partial charge in [-0.25, -0.2) is 4.79 Å². The highest BCUT2D eigenvalue weighted by molar-refractivity contribution is 6.08. The predicted octanol–water partition coefficient (Wildman–Crippen LogP) is 4.63. The van der Waals surface area contributed by atoms with Crippen molar-refractivity contribution in [1.29, 1.82) is 0 Å². The molecule has 0 aromatic heterocycles. The van der Waals surface area contributed by atoms with Crippen molar-refractivity contribution in [3.63, 3.8) is 0 Å². The molecule has 0 bridgehead atoms. The van der Waals surface area contributed by atoms with Gasteiger partial charge in [-0.1, -0.05) is 32.0 Å². The number of Topliss-reactive ketones (excluding diaryl/α,β-unsaturated/α-hetero) is 1. The van der Waals surface area contributed by atoms with E-state index in [4.69, 9.17) is 28.4 Å². The van der Waals surface area contributed by atoms with E-state index in [1.54, 1.807) is 24.3 Å². The first-order valence-electron chi connectivity index (χ1n) is 12.3. The van der Waals surface area contributed by atoms with Gasteiger partial charge in [0.05, 0.1) is 19.8 Å². The number of carbonyl (C=O) groups is 2. The van der Waals surface area contributed by atoms with Crippen molar-refractivity contribution in [2.45, 2.75) is 31.8 Å². The molecule has 0 unspecified atom stereocenters. The first-order valence-corrected chi connectivity index (χ1v) is 12.3. The number of hydrogen-bond donors (Lipinski definition) is 0. The van der Waals surface area contributed by atoms with Crippen LogP contribution < -0.4 is 14.2 Å². The summed E-state index contributed by atoms with van der Waals surface area (Å²) in [6, 6.07) is 10.7. The van der Waals surface area contributed by atoms with E-state index in [0.29, 0.717) is 46.1 Å². The Morgan fingerprint density at radius 3 is 2.54 bits per heavy atom. The number of ketones is 1. The Hall–Kier alpha value is -3.94. The first kappa shape index (κ1) is 23.5. The van der Waals surface area contributed by atoms with Gasteiger partial charge in [0.25, 0.3) is 0 Å². The van der Waals surface area contributed by atoms with Gasteiger partial charge in [0.1, 0.15) is 18.1 Å². The van der Waals surface area contributed by atoms with E-state index >= 15 is 0 Å². The van der Waals surface area contributed by atoms with Crippen molar-refractivity contribution in [3.05, 3.63) is 76.3 Å². The zero-order valence-corrected chi connectivity index (χ0v) is 21.2. The highest BCUT2D eigenvalue weighted by atomic mass is 16.7. The van der Waals surface area contributed by atoms with E-state index < -0.39 is 17.5 Å².